The van der Waals surface area contributed by atoms with Crippen molar-refractivity contribution in [2.45, 2.75) is 20.3 Å². The summed E-state index contributed by atoms with van der Waals surface area (Å²) in [4.78, 5) is 21.6. The lowest BCUT2D eigenvalue weighted by Gasteiger charge is -2.21. The number of anilines is 1. The first-order valence-electron chi connectivity index (χ1n) is 8.95. The summed E-state index contributed by atoms with van der Waals surface area (Å²) in [6.07, 6.45) is 0.827. The molecule has 3 aromatic rings. The van der Waals surface area contributed by atoms with Crippen LogP contribution in [0.15, 0.2) is 36.4 Å². The number of aromatic nitrogens is 1. The van der Waals surface area contributed by atoms with Crippen LogP contribution < -0.4 is 4.90 Å². The highest BCUT2D eigenvalue weighted by Gasteiger charge is 2.21. The zero-order valence-corrected chi connectivity index (χ0v) is 18.2. The van der Waals surface area contributed by atoms with Gasteiger partial charge in [-0.05, 0) is 88.4 Å². The van der Waals surface area contributed by atoms with Crippen molar-refractivity contribution in [1.29, 1.82) is 0 Å². The van der Waals surface area contributed by atoms with E-state index >= 15 is 0 Å². The van der Waals surface area contributed by atoms with Gasteiger partial charge in [-0.25, -0.2) is 9.37 Å². The second-order valence-corrected chi connectivity index (χ2v) is 8.03. The SMILES string of the molecule is Cc1cc2nc(N(CCCN(C)C)C(=O)c3ccc(F)cc3)sc2cc1C.Cl. The zero-order chi connectivity index (χ0) is 19.6. The van der Waals surface area contributed by atoms with Gasteiger partial charge >= 0.3 is 0 Å². The van der Waals surface area contributed by atoms with E-state index in [1.54, 1.807) is 4.90 Å². The van der Waals surface area contributed by atoms with Gasteiger partial charge in [0.2, 0.25) is 0 Å². The molecule has 0 atom stereocenters. The molecular weight excluding hydrogens is 397 g/mol. The Bertz CT molecular complexity index is 917. The van der Waals surface area contributed by atoms with Gasteiger partial charge in [0.15, 0.2) is 5.13 Å². The van der Waals surface area contributed by atoms with E-state index in [1.807, 2.05) is 14.1 Å². The average molecular weight is 422 g/mol. The number of benzene rings is 2. The van der Waals surface area contributed by atoms with Crippen LogP contribution in [-0.4, -0.2) is 43.0 Å². The number of thiazole rings is 1. The van der Waals surface area contributed by atoms with Gasteiger partial charge in [0.1, 0.15) is 5.82 Å². The van der Waals surface area contributed by atoms with Crippen molar-refractivity contribution in [2.75, 3.05) is 32.1 Å². The first kappa shape index (κ1) is 22.3. The van der Waals surface area contributed by atoms with Gasteiger partial charge in [-0.15, -0.1) is 12.4 Å². The maximum absolute atomic E-state index is 13.2. The molecule has 0 aliphatic rings. The molecule has 0 unspecified atom stereocenters. The molecule has 0 saturated carbocycles. The van der Waals surface area contributed by atoms with Crippen molar-refractivity contribution >= 4 is 45.0 Å². The van der Waals surface area contributed by atoms with E-state index < -0.39 is 0 Å². The van der Waals surface area contributed by atoms with Crippen molar-refractivity contribution in [3.05, 3.63) is 58.9 Å². The van der Waals surface area contributed by atoms with Crippen LogP contribution >= 0.6 is 23.7 Å². The number of hydrogen-bond acceptors (Lipinski definition) is 4. The number of hydrogen-bond donors (Lipinski definition) is 0. The third kappa shape index (κ3) is 5.07. The van der Waals surface area contributed by atoms with Gasteiger partial charge in [0.05, 0.1) is 10.2 Å². The molecule has 28 heavy (non-hydrogen) atoms. The maximum Gasteiger partial charge on any atom is 0.260 e. The molecule has 0 radical (unpaired) electrons. The lowest BCUT2D eigenvalue weighted by Crippen LogP contribution is -2.33. The first-order valence-corrected chi connectivity index (χ1v) is 9.77. The van der Waals surface area contributed by atoms with Gasteiger partial charge in [0.25, 0.3) is 5.91 Å². The van der Waals surface area contributed by atoms with Gasteiger partial charge in [-0.1, -0.05) is 11.3 Å². The lowest BCUT2D eigenvalue weighted by molar-refractivity contribution is 0.0986. The highest BCUT2D eigenvalue weighted by molar-refractivity contribution is 7.22. The molecule has 0 spiro atoms. The predicted molar refractivity (Wildman–Crippen MR) is 118 cm³/mol. The molecule has 0 saturated heterocycles. The number of carbonyl (C=O) groups is 1. The molecule has 1 aromatic heterocycles. The summed E-state index contributed by atoms with van der Waals surface area (Å²) in [5.41, 5.74) is 3.76. The van der Waals surface area contributed by atoms with Gasteiger partial charge in [-0.2, -0.15) is 0 Å². The fourth-order valence-electron chi connectivity index (χ4n) is 2.86. The van der Waals surface area contributed by atoms with Gasteiger partial charge < -0.3 is 4.90 Å². The molecular formula is C21H25ClFN3OS. The number of aryl methyl sites for hydroxylation is 2. The Morgan fingerprint density at radius 2 is 1.71 bits per heavy atom. The van der Waals surface area contributed by atoms with Gasteiger partial charge in [0, 0.05) is 12.1 Å². The molecule has 7 heteroatoms. The zero-order valence-electron chi connectivity index (χ0n) is 16.5. The second kappa shape index (κ2) is 9.45. The van der Waals surface area contributed by atoms with E-state index in [1.165, 1.54) is 46.7 Å². The Morgan fingerprint density at radius 1 is 1.07 bits per heavy atom. The van der Waals surface area contributed by atoms with E-state index in [2.05, 4.69) is 30.9 Å². The summed E-state index contributed by atoms with van der Waals surface area (Å²) in [5, 5.41) is 0.683. The molecule has 2 aromatic carbocycles. The average Bonchev–Trinajstić information content (AvgIpc) is 3.01. The van der Waals surface area contributed by atoms with Crippen LogP contribution in [0.2, 0.25) is 0 Å². The van der Waals surface area contributed by atoms with Crippen LogP contribution in [0.1, 0.15) is 27.9 Å². The van der Waals surface area contributed by atoms with Crippen LogP contribution in [0, 0.1) is 19.7 Å². The summed E-state index contributed by atoms with van der Waals surface area (Å²) < 4.78 is 14.3. The molecule has 0 bridgehead atoms. The van der Waals surface area contributed by atoms with Crippen molar-refractivity contribution in [3.63, 3.8) is 0 Å². The van der Waals surface area contributed by atoms with Crippen molar-refractivity contribution in [2.24, 2.45) is 0 Å². The molecule has 150 valence electrons. The van der Waals surface area contributed by atoms with Crippen LogP contribution in [0.3, 0.4) is 0 Å². The van der Waals surface area contributed by atoms with E-state index in [0.717, 1.165) is 23.2 Å². The number of halogens is 2. The maximum atomic E-state index is 13.2. The van der Waals surface area contributed by atoms with E-state index in [9.17, 15) is 9.18 Å². The fourth-order valence-corrected chi connectivity index (χ4v) is 3.93. The van der Waals surface area contributed by atoms with Crippen LogP contribution in [0.5, 0.6) is 0 Å². The minimum atomic E-state index is -0.350. The quantitative estimate of drug-likeness (QED) is 0.557. The number of fused-ring (bicyclic) bond motifs is 1. The normalized spacial score (nSPS) is 10.9. The third-order valence-electron chi connectivity index (χ3n) is 4.55. The van der Waals surface area contributed by atoms with E-state index in [4.69, 9.17) is 4.98 Å². The molecule has 0 fully saturated rings. The number of nitrogens with zero attached hydrogens (tertiary/aromatic N) is 3. The van der Waals surface area contributed by atoms with Crippen molar-refractivity contribution in [3.8, 4) is 0 Å². The van der Waals surface area contributed by atoms with Gasteiger partial charge in [-0.3, -0.25) is 9.69 Å². The molecule has 0 aliphatic carbocycles. The topological polar surface area (TPSA) is 36.4 Å². The number of rotatable bonds is 6. The van der Waals surface area contributed by atoms with Crippen LogP contribution in [0.4, 0.5) is 9.52 Å². The molecule has 1 heterocycles. The third-order valence-corrected chi connectivity index (χ3v) is 5.59. The molecule has 0 aliphatic heterocycles. The smallest absolute Gasteiger partial charge is 0.260 e. The monoisotopic (exact) mass is 421 g/mol. The largest absolute Gasteiger partial charge is 0.309 e. The van der Waals surface area contributed by atoms with E-state index in [-0.39, 0.29) is 24.1 Å². The first-order chi connectivity index (χ1) is 12.8. The van der Waals surface area contributed by atoms with Crippen LogP contribution in [0.25, 0.3) is 10.2 Å². The fraction of sp³-hybridized carbons (Fsp3) is 0.333. The molecule has 0 N–H and O–H groups in total. The Hall–Kier alpha value is -2.02. The minimum absolute atomic E-state index is 0. The number of amides is 1. The molecule has 4 nitrogen and oxygen atoms in total. The number of carbonyl (C=O) groups excluding carboxylic acids is 1. The summed E-state index contributed by atoms with van der Waals surface area (Å²) in [6.45, 7) is 5.57. The van der Waals surface area contributed by atoms with Crippen molar-refractivity contribution < 1.29 is 9.18 Å². The highest BCUT2D eigenvalue weighted by Crippen LogP contribution is 2.31. The summed E-state index contributed by atoms with van der Waals surface area (Å²) in [5.74, 6) is -0.502. The van der Waals surface area contributed by atoms with E-state index in [0.29, 0.717) is 17.2 Å². The Labute approximate surface area is 175 Å². The predicted octanol–water partition coefficient (Wildman–Crippen LogP) is 5.07. The van der Waals surface area contributed by atoms with Crippen LogP contribution in [-0.2, 0) is 0 Å². The summed E-state index contributed by atoms with van der Waals surface area (Å²) >= 11 is 1.52. The van der Waals surface area contributed by atoms with Crippen molar-refractivity contribution in [1.82, 2.24) is 9.88 Å². The molecule has 1 amide bonds. The Kier molecular flexibility index (Phi) is 7.52. The summed E-state index contributed by atoms with van der Waals surface area (Å²) in [6, 6.07) is 9.86. The minimum Gasteiger partial charge on any atom is -0.309 e. The Balaban J connectivity index is 0.00000280. The Morgan fingerprint density at radius 3 is 2.36 bits per heavy atom. The standard InChI is InChI=1S/C21H24FN3OS.ClH/c1-14-12-18-19(13-15(14)2)27-21(23-18)25(11-5-10-24(3)4)20(26)16-6-8-17(22)9-7-16;/h6-9,12-13H,5,10-11H2,1-4H3;1H. The molecule has 3 rings (SSSR count). The lowest BCUT2D eigenvalue weighted by atomic mass is 10.1. The highest BCUT2D eigenvalue weighted by atomic mass is 35.5. The second-order valence-electron chi connectivity index (χ2n) is 7.02. The summed E-state index contributed by atoms with van der Waals surface area (Å²) in [7, 11) is 4.02.